The minimum Gasteiger partial charge on any atom is -0.424 e. The summed E-state index contributed by atoms with van der Waals surface area (Å²) in [6.45, 7) is 8.16. The number of hydrogen-bond acceptors (Lipinski definition) is 8. The lowest BCUT2D eigenvalue weighted by molar-refractivity contribution is 0.470. The monoisotopic (exact) mass is 390 g/mol. The van der Waals surface area contributed by atoms with E-state index >= 15 is 0 Å². The quantitative estimate of drug-likeness (QED) is 0.462. The Kier molecular flexibility index (Phi) is 5.45. The zero-order valence-electron chi connectivity index (χ0n) is 16.0. The van der Waals surface area contributed by atoms with Crippen LogP contribution < -0.4 is 11.2 Å². The summed E-state index contributed by atoms with van der Waals surface area (Å²) in [5, 5.41) is 8.78. The molecule has 3 rings (SSSR count). The normalized spacial score (nSPS) is 11.6. The maximum absolute atomic E-state index is 12.8. The van der Waals surface area contributed by atoms with Gasteiger partial charge in [0.1, 0.15) is 16.2 Å². The van der Waals surface area contributed by atoms with Gasteiger partial charge in [0.15, 0.2) is 5.65 Å². The molecule has 0 saturated carbocycles. The molecule has 10 heteroatoms. The number of nitrogens with zero attached hydrogens (tertiary/aromatic N) is 6. The van der Waals surface area contributed by atoms with Crippen molar-refractivity contribution >= 4 is 22.8 Å². The van der Waals surface area contributed by atoms with Gasteiger partial charge in [-0.3, -0.25) is 13.9 Å². The molecule has 0 spiro atoms. The van der Waals surface area contributed by atoms with Crippen molar-refractivity contribution in [3.05, 3.63) is 38.4 Å². The van der Waals surface area contributed by atoms with Crippen molar-refractivity contribution in [2.24, 2.45) is 13.0 Å². The third-order valence-corrected chi connectivity index (χ3v) is 4.91. The van der Waals surface area contributed by atoms with Crippen LogP contribution in [0, 0.1) is 12.8 Å². The molecule has 27 heavy (non-hydrogen) atoms. The molecule has 0 aliphatic rings. The van der Waals surface area contributed by atoms with Crippen molar-refractivity contribution in [2.45, 2.75) is 51.4 Å². The Morgan fingerprint density at radius 3 is 2.48 bits per heavy atom. The molecule has 3 aromatic rings. The first-order valence-electron chi connectivity index (χ1n) is 8.74. The zero-order valence-corrected chi connectivity index (χ0v) is 16.8. The van der Waals surface area contributed by atoms with E-state index in [2.05, 4.69) is 20.2 Å². The van der Waals surface area contributed by atoms with Gasteiger partial charge in [0.2, 0.25) is 11.8 Å². The van der Waals surface area contributed by atoms with Crippen molar-refractivity contribution in [1.29, 1.82) is 0 Å². The lowest BCUT2D eigenvalue weighted by Gasteiger charge is -2.15. The van der Waals surface area contributed by atoms with E-state index in [9.17, 15) is 9.59 Å². The van der Waals surface area contributed by atoms with Crippen LogP contribution >= 0.6 is 11.8 Å². The van der Waals surface area contributed by atoms with Crippen molar-refractivity contribution in [3.8, 4) is 0 Å². The lowest BCUT2D eigenvalue weighted by atomic mass is 10.2. The summed E-state index contributed by atoms with van der Waals surface area (Å²) < 4.78 is 8.17. The third kappa shape index (κ3) is 3.80. The van der Waals surface area contributed by atoms with Crippen LogP contribution in [-0.4, -0.2) is 29.3 Å². The van der Waals surface area contributed by atoms with E-state index in [1.807, 2.05) is 20.8 Å². The van der Waals surface area contributed by atoms with Gasteiger partial charge in [-0.15, -0.1) is 10.2 Å². The largest absolute Gasteiger partial charge is 0.424 e. The predicted octanol–water partition coefficient (Wildman–Crippen LogP) is 1.69. The molecular formula is C17H22N6O3S. The molecule has 0 amide bonds. The highest BCUT2D eigenvalue weighted by Gasteiger charge is 2.19. The van der Waals surface area contributed by atoms with Crippen molar-refractivity contribution < 1.29 is 4.42 Å². The second-order valence-electron chi connectivity index (χ2n) is 6.66. The van der Waals surface area contributed by atoms with Crippen molar-refractivity contribution in [2.75, 3.05) is 0 Å². The molecule has 0 saturated heterocycles. The number of aryl methyl sites for hydroxylation is 2. The van der Waals surface area contributed by atoms with Crippen molar-refractivity contribution in [1.82, 2.24) is 29.3 Å². The van der Waals surface area contributed by atoms with E-state index in [-0.39, 0.29) is 11.6 Å². The Hall–Kier alpha value is -2.49. The standard InChI is InChI=1S/C17H22N6O3S/c1-6-11-20-21-12(26-11)8-27-15-13-14(18-10(4)19-15)23(7-9(2)3)17(25)22(5)16(13)24/h9H,6-8H2,1-5H3. The van der Waals surface area contributed by atoms with Crippen LogP contribution in [0.4, 0.5) is 0 Å². The second-order valence-corrected chi connectivity index (χ2v) is 7.62. The summed E-state index contributed by atoms with van der Waals surface area (Å²) in [4.78, 5) is 34.2. The van der Waals surface area contributed by atoms with Crippen LogP contribution in [0.3, 0.4) is 0 Å². The Balaban J connectivity index is 2.13. The van der Waals surface area contributed by atoms with Gasteiger partial charge in [0, 0.05) is 20.0 Å². The fraction of sp³-hybridized carbons (Fsp3) is 0.529. The predicted molar refractivity (Wildman–Crippen MR) is 102 cm³/mol. The van der Waals surface area contributed by atoms with Crippen LogP contribution in [0.15, 0.2) is 19.0 Å². The van der Waals surface area contributed by atoms with E-state index < -0.39 is 5.56 Å². The summed E-state index contributed by atoms with van der Waals surface area (Å²) in [6, 6.07) is 0. The molecule has 0 aromatic carbocycles. The molecular weight excluding hydrogens is 368 g/mol. The first kappa shape index (κ1) is 19.3. The molecule has 0 N–H and O–H groups in total. The second kappa shape index (κ2) is 7.63. The fourth-order valence-electron chi connectivity index (χ4n) is 2.70. The van der Waals surface area contributed by atoms with Gasteiger partial charge in [-0.25, -0.2) is 14.8 Å². The highest BCUT2D eigenvalue weighted by molar-refractivity contribution is 7.98. The SMILES string of the molecule is CCc1nnc(CSc2nc(C)nc3c2c(=O)n(C)c(=O)n3CC(C)C)o1. The Morgan fingerprint density at radius 1 is 1.15 bits per heavy atom. The molecule has 0 bridgehead atoms. The van der Waals surface area contributed by atoms with Crippen LogP contribution in [0.5, 0.6) is 0 Å². The van der Waals surface area contributed by atoms with Crippen LogP contribution in [0.1, 0.15) is 38.4 Å². The molecule has 0 fully saturated rings. The van der Waals surface area contributed by atoms with Gasteiger partial charge in [0.05, 0.1) is 5.75 Å². The summed E-state index contributed by atoms with van der Waals surface area (Å²) in [6.07, 6.45) is 0.662. The summed E-state index contributed by atoms with van der Waals surface area (Å²) in [5.41, 5.74) is -0.413. The number of fused-ring (bicyclic) bond motifs is 1. The summed E-state index contributed by atoms with van der Waals surface area (Å²) in [5.74, 6) is 2.13. The van der Waals surface area contributed by atoms with Gasteiger partial charge >= 0.3 is 5.69 Å². The molecule has 0 radical (unpaired) electrons. The summed E-state index contributed by atoms with van der Waals surface area (Å²) >= 11 is 1.32. The third-order valence-electron chi connectivity index (χ3n) is 3.95. The summed E-state index contributed by atoms with van der Waals surface area (Å²) in [7, 11) is 1.47. The van der Waals surface area contributed by atoms with Crippen LogP contribution in [0.25, 0.3) is 11.0 Å². The molecule has 3 heterocycles. The number of hydrogen-bond donors (Lipinski definition) is 0. The molecule has 3 aromatic heterocycles. The minimum atomic E-state index is -0.405. The lowest BCUT2D eigenvalue weighted by Crippen LogP contribution is -2.39. The van der Waals surface area contributed by atoms with E-state index in [4.69, 9.17) is 4.42 Å². The minimum absolute atomic E-state index is 0.223. The van der Waals surface area contributed by atoms with E-state index in [0.717, 1.165) is 4.57 Å². The van der Waals surface area contributed by atoms with Gasteiger partial charge < -0.3 is 4.42 Å². The average Bonchev–Trinajstić information content (AvgIpc) is 3.09. The first-order chi connectivity index (χ1) is 12.8. The number of aromatic nitrogens is 6. The molecule has 144 valence electrons. The molecule has 0 aliphatic carbocycles. The maximum Gasteiger partial charge on any atom is 0.332 e. The highest BCUT2D eigenvalue weighted by Crippen LogP contribution is 2.25. The maximum atomic E-state index is 12.8. The van der Waals surface area contributed by atoms with Crippen molar-refractivity contribution in [3.63, 3.8) is 0 Å². The van der Waals surface area contributed by atoms with E-state index in [0.29, 0.717) is 52.4 Å². The Bertz CT molecular complexity index is 1100. The van der Waals surface area contributed by atoms with Gasteiger partial charge in [-0.2, -0.15) is 0 Å². The van der Waals surface area contributed by atoms with Gasteiger partial charge in [0.25, 0.3) is 5.56 Å². The zero-order chi connectivity index (χ0) is 19.7. The van der Waals surface area contributed by atoms with E-state index in [1.54, 1.807) is 11.5 Å². The van der Waals surface area contributed by atoms with Gasteiger partial charge in [-0.1, -0.05) is 32.5 Å². The van der Waals surface area contributed by atoms with Crippen LogP contribution in [-0.2, 0) is 25.8 Å². The van der Waals surface area contributed by atoms with Gasteiger partial charge in [-0.05, 0) is 12.8 Å². The topological polar surface area (TPSA) is 109 Å². The smallest absolute Gasteiger partial charge is 0.332 e. The molecule has 0 atom stereocenters. The first-order valence-corrected chi connectivity index (χ1v) is 9.72. The van der Waals surface area contributed by atoms with E-state index in [1.165, 1.54) is 18.8 Å². The molecule has 0 unspecified atom stereocenters. The van der Waals surface area contributed by atoms with Crippen LogP contribution in [0.2, 0.25) is 0 Å². The Morgan fingerprint density at radius 2 is 1.85 bits per heavy atom. The Labute approximate surface area is 159 Å². The number of rotatable bonds is 6. The average molecular weight is 390 g/mol. The number of thioether (sulfide) groups is 1. The fourth-order valence-corrected chi connectivity index (χ4v) is 3.59. The highest BCUT2D eigenvalue weighted by atomic mass is 32.2. The molecule has 9 nitrogen and oxygen atoms in total. The molecule has 0 aliphatic heterocycles.